The molecule has 0 atom stereocenters. The van der Waals surface area contributed by atoms with Gasteiger partial charge in [-0.2, -0.15) is 18.2 Å². The molecule has 3 heterocycles. The molecule has 4 aromatic rings. The highest BCUT2D eigenvalue weighted by molar-refractivity contribution is 7.92. The number of aromatic nitrogens is 3. The van der Waals surface area contributed by atoms with Crippen molar-refractivity contribution in [1.82, 2.24) is 19.4 Å². The van der Waals surface area contributed by atoms with Gasteiger partial charge < -0.3 is 34.7 Å². The minimum atomic E-state index is -4.63. The van der Waals surface area contributed by atoms with Gasteiger partial charge in [-0.25, -0.2) is 18.2 Å². The van der Waals surface area contributed by atoms with E-state index >= 15 is 0 Å². The molecule has 5 rings (SSSR count). The molecular formula is C28H32F3N7O6S. The molecule has 0 amide bonds. The van der Waals surface area contributed by atoms with Crippen LogP contribution in [-0.2, 0) is 23.2 Å². The number of likely N-dealkylation sites (N-methyl/N-ethyl adjacent to an activating group) is 1. The number of aromatic carboxylic acids is 1. The maximum Gasteiger partial charge on any atom is 0.416 e. The molecule has 13 nitrogen and oxygen atoms in total. The fourth-order valence-electron chi connectivity index (χ4n) is 4.65. The molecule has 1 aliphatic heterocycles. The standard InChI is InChI=1S/C19H21N5O3.C9H11F3N2O3S/c1-22-8-10-24(11-9-22)19-20-7-6-16(21-19)27-15-5-3-4-13-12-14(18(25)26)23(2)17(13)15;1-17-8-6(13)3-5(9(10,11)12)4-7(8)14-18(2,15)16/h3-7,12H,8-11H2,1-2H3,(H,25,26);3-4,14H,13H2,1-2H3. The van der Waals surface area contributed by atoms with Gasteiger partial charge in [-0.05, 0) is 31.3 Å². The summed E-state index contributed by atoms with van der Waals surface area (Å²) in [4.78, 5) is 24.7. The maximum atomic E-state index is 12.5. The molecule has 1 aliphatic rings. The van der Waals surface area contributed by atoms with Crippen molar-refractivity contribution in [1.29, 1.82) is 0 Å². The van der Waals surface area contributed by atoms with Gasteiger partial charge in [0.2, 0.25) is 21.9 Å². The number of carboxylic acid groups (broad SMARTS) is 1. The smallest absolute Gasteiger partial charge is 0.416 e. The average molecular weight is 652 g/mol. The van der Waals surface area contributed by atoms with Crippen molar-refractivity contribution in [3.05, 3.63) is 59.9 Å². The Morgan fingerprint density at radius 1 is 1.09 bits per heavy atom. The minimum Gasteiger partial charge on any atom is -0.492 e. The number of fused-ring (bicyclic) bond motifs is 1. The molecule has 0 aliphatic carbocycles. The zero-order valence-electron chi connectivity index (χ0n) is 24.8. The number of nitrogen functional groups attached to an aromatic ring is 1. The summed E-state index contributed by atoms with van der Waals surface area (Å²) in [5.41, 5.74) is 4.59. The molecule has 0 unspecified atom stereocenters. The number of nitrogens with two attached hydrogens (primary N) is 1. The minimum absolute atomic E-state index is 0.159. The number of benzene rings is 2. The lowest BCUT2D eigenvalue weighted by molar-refractivity contribution is -0.137. The molecule has 1 saturated heterocycles. The third-order valence-corrected chi connectivity index (χ3v) is 7.39. The topological polar surface area (TPSA) is 165 Å². The van der Waals surface area contributed by atoms with Gasteiger partial charge >= 0.3 is 12.1 Å². The quantitative estimate of drug-likeness (QED) is 0.248. The van der Waals surface area contributed by atoms with E-state index in [4.69, 9.17) is 15.2 Å². The number of aryl methyl sites for hydroxylation is 1. The Morgan fingerprint density at radius 3 is 2.38 bits per heavy atom. The SMILES string of the molecule is CN1CCN(c2nccc(Oc3cccc4cc(C(=O)O)n(C)c34)n2)CC1.COc1c(N)cc(C(F)(F)F)cc1NS(C)(=O)=O. The number of para-hydroxylation sites is 1. The summed E-state index contributed by atoms with van der Waals surface area (Å²) in [7, 11) is 1.25. The predicted octanol–water partition coefficient (Wildman–Crippen LogP) is 3.88. The summed E-state index contributed by atoms with van der Waals surface area (Å²) in [6.45, 7) is 3.68. The number of nitrogens with one attached hydrogen (secondary N) is 1. The molecular weight excluding hydrogens is 619 g/mol. The molecule has 4 N–H and O–H groups in total. The van der Waals surface area contributed by atoms with Crippen molar-refractivity contribution in [2.24, 2.45) is 7.05 Å². The molecule has 2 aromatic heterocycles. The third-order valence-electron chi connectivity index (χ3n) is 6.80. The van der Waals surface area contributed by atoms with Crippen molar-refractivity contribution < 1.29 is 41.0 Å². The Hall–Kier alpha value is -4.77. The fourth-order valence-corrected chi connectivity index (χ4v) is 5.20. The number of halogens is 3. The lowest BCUT2D eigenvalue weighted by Gasteiger charge is -2.32. The van der Waals surface area contributed by atoms with E-state index in [0.717, 1.165) is 43.3 Å². The molecule has 2 aromatic carbocycles. The average Bonchev–Trinajstić information content (AvgIpc) is 3.30. The van der Waals surface area contributed by atoms with E-state index in [-0.39, 0.29) is 22.8 Å². The van der Waals surface area contributed by atoms with Crippen LogP contribution in [-0.4, -0.2) is 85.5 Å². The van der Waals surface area contributed by atoms with Gasteiger partial charge in [0, 0.05) is 50.9 Å². The number of rotatable bonds is 7. The number of methoxy groups -OCH3 is 1. The van der Waals surface area contributed by atoms with Gasteiger partial charge in [-0.3, -0.25) is 4.72 Å². The number of carbonyl (C=O) groups is 1. The van der Waals surface area contributed by atoms with Crippen LogP contribution in [0.2, 0.25) is 0 Å². The highest BCUT2D eigenvalue weighted by Gasteiger charge is 2.32. The zero-order valence-corrected chi connectivity index (χ0v) is 25.6. The highest BCUT2D eigenvalue weighted by Crippen LogP contribution is 2.39. The molecule has 17 heteroatoms. The largest absolute Gasteiger partial charge is 0.492 e. The monoisotopic (exact) mass is 651 g/mol. The molecule has 0 saturated carbocycles. The van der Waals surface area contributed by atoms with E-state index in [1.165, 1.54) is 7.11 Å². The summed E-state index contributed by atoms with van der Waals surface area (Å²) in [6.07, 6.45) is -2.14. The molecule has 0 radical (unpaired) electrons. The van der Waals surface area contributed by atoms with E-state index < -0.39 is 27.7 Å². The maximum absolute atomic E-state index is 12.5. The van der Waals surface area contributed by atoms with Crippen LogP contribution in [0, 0.1) is 0 Å². The molecule has 0 bridgehead atoms. The van der Waals surface area contributed by atoms with Gasteiger partial charge in [-0.1, -0.05) is 12.1 Å². The summed E-state index contributed by atoms with van der Waals surface area (Å²) >= 11 is 0. The summed E-state index contributed by atoms with van der Waals surface area (Å²) < 4.78 is 74.1. The Morgan fingerprint density at radius 2 is 1.78 bits per heavy atom. The second-order valence-corrected chi connectivity index (χ2v) is 11.9. The fraction of sp³-hybridized carbons (Fsp3) is 0.321. The number of carboxylic acids is 1. The van der Waals surface area contributed by atoms with E-state index in [9.17, 15) is 31.5 Å². The van der Waals surface area contributed by atoms with Crippen LogP contribution < -0.4 is 24.8 Å². The van der Waals surface area contributed by atoms with Crippen LogP contribution in [0.15, 0.2) is 48.7 Å². The summed E-state index contributed by atoms with van der Waals surface area (Å²) in [6, 6.07) is 10.2. The number of hydrogen-bond acceptors (Lipinski definition) is 10. The Bertz CT molecular complexity index is 1810. The first-order chi connectivity index (χ1) is 21.1. The third kappa shape index (κ3) is 8.04. The van der Waals surface area contributed by atoms with E-state index in [2.05, 4.69) is 26.8 Å². The highest BCUT2D eigenvalue weighted by atomic mass is 32.2. The zero-order chi connectivity index (χ0) is 33.1. The Labute approximate surface area is 257 Å². The molecule has 242 valence electrons. The first kappa shape index (κ1) is 33.1. The van der Waals surface area contributed by atoms with Crippen LogP contribution in [0.3, 0.4) is 0 Å². The number of sulfonamides is 1. The number of nitrogens with zero attached hydrogens (tertiary/aromatic N) is 5. The summed E-state index contributed by atoms with van der Waals surface area (Å²) in [5, 5.41) is 10.2. The van der Waals surface area contributed by atoms with Gasteiger partial charge in [0.05, 0.1) is 35.8 Å². The lowest BCUT2D eigenvalue weighted by Crippen LogP contribution is -2.45. The van der Waals surface area contributed by atoms with Crippen LogP contribution in [0.5, 0.6) is 17.4 Å². The van der Waals surface area contributed by atoms with Gasteiger partial charge in [0.15, 0.2) is 11.5 Å². The van der Waals surface area contributed by atoms with E-state index in [1.54, 1.807) is 29.9 Å². The Balaban J connectivity index is 0.000000224. The Kier molecular flexibility index (Phi) is 9.62. The number of alkyl halides is 3. The van der Waals surface area contributed by atoms with Crippen molar-refractivity contribution in [2.45, 2.75) is 6.18 Å². The number of hydrogen-bond donors (Lipinski definition) is 3. The van der Waals surface area contributed by atoms with Crippen LogP contribution in [0.4, 0.5) is 30.5 Å². The number of ether oxygens (including phenoxy) is 2. The van der Waals surface area contributed by atoms with Crippen molar-refractivity contribution >= 4 is 44.2 Å². The summed E-state index contributed by atoms with van der Waals surface area (Å²) in [5.74, 6) is 0.508. The van der Waals surface area contributed by atoms with Crippen molar-refractivity contribution in [3.63, 3.8) is 0 Å². The van der Waals surface area contributed by atoms with Gasteiger partial charge in [0.1, 0.15) is 5.69 Å². The predicted molar refractivity (Wildman–Crippen MR) is 163 cm³/mol. The first-order valence-corrected chi connectivity index (χ1v) is 15.2. The van der Waals surface area contributed by atoms with Crippen LogP contribution in [0.25, 0.3) is 10.9 Å². The molecule has 1 fully saturated rings. The number of piperazine rings is 1. The van der Waals surface area contributed by atoms with Crippen LogP contribution in [0.1, 0.15) is 16.1 Å². The first-order valence-electron chi connectivity index (χ1n) is 13.4. The molecule has 45 heavy (non-hydrogen) atoms. The van der Waals surface area contributed by atoms with E-state index in [0.29, 0.717) is 29.7 Å². The normalized spacial score (nSPS) is 14.1. The van der Waals surface area contributed by atoms with Crippen LogP contribution >= 0.6 is 0 Å². The second-order valence-electron chi connectivity index (χ2n) is 10.2. The van der Waals surface area contributed by atoms with Gasteiger partial charge in [0.25, 0.3) is 0 Å². The van der Waals surface area contributed by atoms with E-state index in [1.807, 2.05) is 22.9 Å². The lowest BCUT2D eigenvalue weighted by atomic mass is 10.1. The molecule has 0 spiro atoms. The second kappa shape index (κ2) is 13.1. The van der Waals surface area contributed by atoms with Crippen molar-refractivity contribution in [3.8, 4) is 17.4 Å². The van der Waals surface area contributed by atoms with Crippen molar-refractivity contribution in [2.75, 3.05) is 61.9 Å². The van der Waals surface area contributed by atoms with Gasteiger partial charge in [-0.15, -0.1) is 0 Å². The number of anilines is 3.